The van der Waals surface area contributed by atoms with Crippen molar-refractivity contribution in [2.75, 3.05) is 6.54 Å². The minimum Gasteiger partial charge on any atom is -0.347 e. The summed E-state index contributed by atoms with van der Waals surface area (Å²) < 4.78 is 15.6. The third-order valence-corrected chi connectivity index (χ3v) is 4.02. The lowest BCUT2D eigenvalue weighted by Gasteiger charge is -2.09. The Bertz CT molecular complexity index is 952. The molecule has 2 amide bonds. The Balaban J connectivity index is 1.58. The highest BCUT2D eigenvalue weighted by Crippen LogP contribution is 2.15. The number of rotatable bonds is 6. The Morgan fingerprint density at radius 3 is 2.58 bits per heavy atom. The number of fused-ring (bicyclic) bond motifs is 1. The highest BCUT2D eigenvalue weighted by molar-refractivity contribution is 5.96. The molecule has 1 aromatic heterocycles. The molecule has 0 bridgehead atoms. The maximum atomic E-state index is 13.5. The zero-order valence-electron chi connectivity index (χ0n) is 14.3. The van der Waals surface area contributed by atoms with Crippen molar-refractivity contribution in [1.29, 1.82) is 0 Å². The normalized spacial score (nSPS) is 10.7. The van der Waals surface area contributed by atoms with E-state index in [1.165, 1.54) is 18.2 Å². The van der Waals surface area contributed by atoms with E-state index in [2.05, 4.69) is 15.6 Å². The number of nitrogens with one attached hydrogen (secondary N) is 2. The van der Waals surface area contributed by atoms with Crippen LogP contribution in [-0.4, -0.2) is 27.9 Å². The standard InChI is InChI=1S/C19H19FN4O2/c1-2-24-16-10-6-5-9-15(16)23-17(24)11-21-18(25)12-22-19(26)13-7-3-4-8-14(13)20/h3-10H,2,11-12H2,1H3,(H,21,25)(H,22,26). The lowest BCUT2D eigenvalue weighted by Crippen LogP contribution is -2.37. The summed E-state index contributed by atoms with van der Waals surface area (Å²) in [6.45, 7) is 2.75. The Hall–Kier alpha value is -3.22. The van der Waals surface area contributed by atoms with Gasteiger partial charge in [0, 0.05) is 6.54 Å². The molecular formula is C19H19FN4O2. The topological polar surface area (TPSA) is 76.0 Å². The van der Waals surface area contributed by atoms with Crippen molar-refractivity contribution in [3.63, 3.8) is 0 Å². The van der Waals surface area contributed by atoms with Gasteiger partial charge in [-0.05, 0) is 31.2 Å². The number of aryl methyl sites for hydroxylation is 1. The average Bonchev–Trinajstić information content (AvgIpc) is 3.02. The molecule has 0 aliphatic heterocycles. The predicted molar refractivity (Wildman–Crippen MR) is 96.0 cm³/mol. The number of halogens is 1. The van der Waals surface area contributed by atoms with Crippen LogP contribution in [0.1, 0.15) is 23.1 Å². The fourth-order valence-electron chi connectivity index (χ4n) is 2.75. The molecule has 0 radical (unpaired) electrons. The Morgan fingerprint density at radius 2 is 1.81 bits per heavy atom. The second kappa shape index (κ2) is 7.77. The quantitative estimate of drug-likeness (QED) is 0.713. The molecule has 3 aromatic rings. The fraction of sp³-hybridized carbons (Fsp3) is 0.211. The highest BCUT2D eigenvalue weighted by atomic mass is 19.1. The van der Waals surface area contributed by atoms with Crippen LogP contribution < -0.4 is 10.6 Å². The third kappa shape index (κ3) is 3.72. The van der Waals surface area contributed by atoms with E-state index in [-0.39, 0.29) is 24.6 Å². The molecule has 134 valence electrons. The van der Waals surface area contributed by atoms with Crippen LogP contribution in [-0.2, 0) is 17.9 Å². The molecule has 0 unspecified atom stereocenters. The van der Waals surface area contributed by atoms with Crippen LogP contribution >= 0.6 is 0 Å². The van der Waals surface area contributed by atoms with Crippen molar-refractivity contribution < 1.29 is 14.0 Å². The molecule has 0 spiro atoms. The predicted octanol–water partition coefficient (Wildman–Crippen LogP) is 2.24. The minimum absolute atomic E-state index is 0.0897. The van der Waals surface area contributed by atoms with E-state index in [0.29, 0.717) is 0 Å². The van der Waals surface area contributed by atoms with Crippen molar-refractivity contribution >= 4 is 22.8 Å². The summed E-state index contributed by atoms with van der Waals surface area (Å²) >= 11 is 0. The number of carbonyl (C=O) groups excluding carboxylic acids is 2. The van der Waals surface area contributed by atoms with Crippen LogP contribution in [0.25, 0.3) is 11.0 Å². The van der Waals surface area contributed by atoms with Crippen LogP contribution in [0.5, 0.6) is 0 Å². The van der Waals surface area contributed by atoms with E-state index >= 15 is 0 Å². The van der Waals surface area contributed by atoms with E-state index < -0.39 is 11.7 Å². The van der Waals surface area contributed by atoms with Crippen LogP contribution in [0.3, 0.4) is 0 Å². The number of amides is 2. The first-order valence-electron chi connectivity index (χ1n) is 8.33. The molecule has 0 aliphatic carbocycles. The summed E-state index contributed by atoms with van der Waals surface area (Å²) in [5, 5.41) is 5.14. The van der Waals surface area contributed by atoms with Gasteiger partial charge < -0.3 is 15.2 Å². The number of imidazole rings is 1. The molecule has 2 N–H and O–H groups in total. The molecule has 0 saturated heterocycles. The molecule has 26 heavy (non-hydrogen) atoms. The van der Waals surface area contributed by atoms with E-state index in [1.807, 2.05) is 35.8 Å². The monoisotopic (exact) mass is 354 g/mol. The molecular weight excluding hydrogens is 335 g/mol. The maximum Gasteiger partial charge on any atom is 0.254 e. The van der Waals surface area contributed by atoms with Gasteiger partial charge in [-0.15, -0.1) is 0 Å². The van der Waals surface area contributed by atoms with Crippen LogP contribution in [0.15, 0.2) is 48.5 Å². The Labute approximate surface area is 150 Å². The van der Waals surface area contributed by atoms with Crippen molar-refractivity contribution in [2.24, 2.45) is 0 Å². The van der Waals surface area contributed by atoms with Crippen molar-refractivity contribution in [3.8, 4) is 0 Å². The van der Waals surface area contributed by atoms with Crippen LogP contribution in [0.2, 0.25) is 0 Å². The third-order valence-electron chi connectivity index (χ3n) is 4.02. The summed E-state index contributed by atoms with van der Waals surface area (Å²) in [5.41, 5.74) is 1.78. The lowest BCUT2D eigenvalue weighted by molar-refractivity contribution is -0.120. The molecule has 0 atom stereocenters. The van der Waals surface area contributed by atoms with Gasteiger partial charge in [0.05, 0.1) is 29.7 Å². The first-order chi connectivity index (χ1) is 12.6. The molecule has 3 rings (SSSR count). The zero-order chi connectivity index (χ0) is 18.5. The number of carbonyl (C=O) groups is 2. The maximum absolute atomic E-state index is 13.5. The lowest BCUT2D eigenvalue weighted by atomic mass is 10.2. The SMILES string of the molecule is CCn1c(CNC(=O)CNC(=O)c2ccccc2F)nc2ccccc21. The van der Waals surface area contributed by atoms with Gasteiger partial charge in [-0.25, -0.2) is 9.37 Å². The van der Waals surface area contributed by atoms with Gasteiger partial charge in [0.2, 0.25) is 5.91 Å². The number of para-hydroxylation sites is 2. The van der Waals surface area contributed by atoms with Crippen molar-refractivity contribution in [2.45, 2.75) is 20.0 Å². The minimum atomic E-state index is -0.626. The molecule has 0 saturated carbocycles. The summed E-state index contributed by atoms with van der Waals surface area (Å²) in [5.74, 6) is -0.881. The number of nitrogens with zero attached hydrogens (tertiary/aromatic N) is 2. The Morgan fingerprint density at radius 1 is 1.08 bits per heavy atom. The number of hydrogen-bond acceptors (Lipinski definition) is 3. The van der Waals surface area contributed by atoms with Gasteiger partial charge in [-0.3, -0.25) is 9.59 Å². The number of hydrogen-bond donors (Lipinski definition) is 2. The average molecular weight is 354 g/mol. The zero-order valence-corrected chi connectivity index (χ0v) is 14.3. The van der Waals surface area contributed by atoms with Crippen LogP contribution in [0.4, 0.5) is 4.39 Å². The van der Waals surface area contributed by atoms with Gasteiger partial charge in [0.15, 0.2) is 0 Å². The fourth-order valence-corrected chi connectivity index (χ4v) is 2.75. The van der Waals surface area contributed by atoms with E-state index in [1.54, 1.807) is 6.07 Å². The van der Waals surface area contributed by atoms with Gasteiger partial charge >= 0.3 is 0 Å². The van der Waals surface area contributed by atoms with Crippen molar-refractivity contribution in [3.05, 3.63) is 65.7 Å². The number of benzene rings is 2. The Kier molecular flexibility index (Phi) is 5.26. The highest BCUT2D eigenvalue weighted by Gasteiger charge is 2.13. The molecule has 7 heteroatoms. The summed E-state index contributed by atoms with van der Waals surface area (Å²) in [6.07, 6.45) is 0. The van der Waals surface area contributed by atoms with E-state index in [9.17, 15) is 14.0 Å². The molecule has 1 heterocycles. The first-order valence-corrected chi connectivity index (χ1v) is 8.33. The largest absolute Gasteiger partial charge is 0.347 e. The second-order valence-corrected chi connectivity index (χ2v) is 5.70. The molecule has 6 nitrogen and oxygen atoms in total. The molecule has 0 fully saturated rings. The van der Waals surface area contributed by atoms with Crippen LogP contribution in [0, 0.1) is 5.82 Å². The van der Waals surface area contributed by atoms with Gasteiger partial charge in [0.25, 0.3) is 5.91 Å². The smallest absolute Gasteiger partial charge is 0.254 e. The van der Waals surface area contributed by atoms with E-state index in [0.717, 1.165) is 23.4 Å². The van der Waals surface area contributed by atoms with Gasteiger partial charge in [0.1, 0.15) is 11.6 Å². The summed E-state index contributed by atoms with van der Waals surface area (Å²) in [4.78, 5) is 28.4. The summed E-state index contributed by atoms with van der Waals surface area (Å²) in [6, 6.07) is 13.4. The van der Waals surface area contributed by atoms with E-state index in [4.69, 9.17) is 0 Å². The van der Waals surface area contributed by atoms with Gasteiger partial charge in [-0.1, -0.05) is 24.3 Å². The molecule has 2 aromatic carbocycles. The van der Waals surface area contributed by atoms with Gasteiger partial charge in [-0.2, -0.15) is 0 Å². The second-order valence-electron chi connectivity index (χ2n) is 5.70. The summed E-state index contributed by atoms with van der Waals surface area (Å²) in [7, 11) is 0. The van der Waals surface area contributed by atoms with Crippen molar-refractivity contribution in [1.82, 2.24) is 20.2 Å². The number of aromatic nitrogens is 2. The first kappa shape index (κ1) is 17.6. The molecule has 0 aliphatic rings.